The van der Waals surface area contributed by atoms with E-state index in [4.69, 9.17) is 5.11 Å². The third-order valence-electron chi connectivity index (χ3n) is 6.49. The van der Waals surface area contributed by atoms with Crippen LogP contribution in [-0.2, 0) is 21.0 Å². The lowest BCUT2D eigenvalue weighted by molar-refractivity contribution is -0.138. The highest BCUT2D eigenvalue weighted by atomic mass is 32.2. The van der Waals surface area contributed by atoms with Gasteiger partial charge in [0.05, 0.1) is 34.9 Å². The molecule has 226 valence electrons. The third-order valence-corrected chi connectivity index (χ3v) is 8.30. The summed E-state index contributed by atoms with van der Waals surface area (Å²) in [5.74, 6) is -2.39. The summed E-state index contributed by atoms with van der Waals surface area (Å²) in [6.45, 7) is -2.95. The number of likely N-dealkylation sites (N-methyl/N-ethyl adjacent to an activating group) is 1. The van der Waals surface area contributed by atoms with Crippen LogP contribution in [0, 0.1) is 5.82 Å². The molecule has 1 heterocycles. The van der Waals surface area contributed by atoms with Gasteiger partial charge in [0.25, 0.3) is 10.0 Å². The lowest BCUT2D eigenvalue weighted by Gasteiger charge is -2.39. The van der Waals surface area contributed by atoms with Gasteiger partial charge in [-0.3, -0.25) is 14.0 Å². The number of halogens is 6. The van der Waals surface area contributed by atoms with E-state index in [0.717, 1.165) is 40.7 Å². The normalized spacial score (nSPS) is 13.9. The van der Waals surface area contributed by atoms with Crippen LogP contribution in [0.4, 0.5) is 37.7 Å². The van der Waals surface area contributed by atoms with E-state index in [0.29, 0.717) is 11.8 Å². The molecule has 0 radical (unpaired) electrons. The van der Waals surface area contributed by atoms with E-state index in [2.05, 4.69) is 4.74 Å². The maximum Gasteiger partial charge on any atom is 0.416 e. The van der Waals surface area contributed by atoms with Gasteiger partial charge in [0, 0.05) is 25.7 Å². The number of nitrogens with zero attached hydrogens (tertiary/aromatic N) is 3. The van der Waals surface area contributed by atoms with Crippen LogP contribution in [0.1, 0.15) is 5.56 Å². The number of carboxylic acid groups (broad SMARTS) is 1. The van der Waals surface area contributed by atoms with Crippen LogP contribution in [0.15, 0.2) is 65.6 Å². The molecule has 3 aromatic carbocycles. The maximum atomic E-state index is 14.3. The Balaban J connectivity index is 1.79. The smallest absolute Gasteiger partial charge is 0.416 e. The SMILES string of the molecule is CN(CCN1CCN(S(=O)(=O)c2cccc(C(F)(F)F)c2)c2cc(-c3cc(F)cc(OC(F)F)c3)ccc21)CC(=O)O. The predicted molar refractivity (Wildman–Crippen MR) is 142 cm³/mol. The van der Waals surface area contributed by atoms with Crippen molar-refractivity contribution in [2.75, 3.05) is 49.0 Å². The van der Waals surface area contributed by atoms with Crippen LogP contribution >= 0.6 is 0 Å². The van der Waals surface area contributed by atoms with Crippen molar-refractivity contribution in [3.05, 3.63) is 72.0 Å². The molecule has 0 saturated carbocycles. The number of carboxylic acids is 1. The molecule has 0 fully saturated rings. The first-order valence-corrected chi connectivity index (χ1v) is 13.8. The molecule has 0 bridgehead atoms. The molecule has 4 rings (SSSR count). The van der Waals surface area contributed by atoms with E-state index in [-0.39, 0.29) is 49.5 Å². The molecular weight excluding hydrogens is 592 g/mol. The molecule has 0 aliphatic carbocycles. The minimum Gasteiger partial charge on any atom is -0.480 e. The number of carbonyl (C=O) groups is 1. The standard InChI is InChI=1S/C27H25F6N3O5S/c1-34(16-25(37)38)7-8-35-9-10-36(42(39,40)22-4-2-3-19(14-22)27(31,32)33)24-13-17(5-6-23(24)35)18-11-20(28)15-21(12-18)41-26(29)30/h2-6,11-15,26H,7-10,16H2,1H3,(H,37,38). The highest BCUT2D eigenvalue weighted by Gasteiger charge is 2.35. The second-order valence-electron chi connectivity index (χ2n) is 9.48. The quantitative estimate of drug-likeness (QED) is 0.315. The highest BCUT2D eigenvalue weighted by molar-refractivity contribution is 7.92. The van der Waals surface area contributed by atoms with Crippen molar-refractivity contribution >= 4 is 27.4 Å². The fourth-order valence-electron chi connectivity index (χ4n) is 4.57. The Morgan fingerprint density at radius 3 is 2.43 bits per heavy atom. The van der Waals surface area contributed by atoms with Gasteiger partial charge in [0.15, 0.2) is 0 Å². The molecule has 8 nitrogen and oxygen atoms in total. The first-order valence-electron chi connectivity index (χ1n) is 12.4. The molecule has 3 aromatic rings. The number of ether oxygens (including phenoxy) is 1. The van der Waals surface area contributed by atoms with E-state index in [1.807, 2.05) is 0 Å². The van der Waals surface area contributed by atoms with Crippen LogP contribution in [-0.4, -0.2) is 70.8 Å². The topological polar surface area (TPSA) is 90.4 Å². The molecule has 15 heteroatoms. The number of benzene rings is 3. The van der Waals surface area contributed by atoms with Crippen molar-refractivity contribution in [2.24, 2.45) is 0 Å². The third kappa shape index (κ3) is 7.07. The lowest BCUT2D eigenvalue weighted by Crippen LogP contribution is -2.46. The molecule has 0 amide bonds. The van der Waals surface area contributed by atoms with Gasteiger partial charge in [-0.1, -0.05) is 12.1 Å². The second-order valence-corrected chi connectivity index (χ2v) is 11.3. The number of fused-ring (bicyclic) bond motifs is 1. The fraction of sp³-hybridized carbons (Fsp3) is 0.296. The van der Waals surface area contributed by atoms with Crippen molar-refractivity contribution < 1.29 is 49.4 Å². The van der Waals surface area contributed by atoms with Crippen molar-refractivity contribution in [1.82, 2.24) is 4.90 Å². The van der Waals surface area contributed by atoms with Crippen LogP contribution in [0.5, 0.6) is 5.75 Å². The average Bonchev–Trinajstić information content (AvgIpc) is 2.89. The van der Waals surface area contributed by atoms with E-state index >= 15 is 0 Å². The zero-order valence-corrected chi connectivity index (χ0v) is 22.8. The average molecular weight is 618 g/mol. The Morgan fingerprint density at radius 2 is 1.76 bits per heavy atom. The summed E-state index contributed by atoms with van der Waals surface area (Å²) < 4.78 is 113. The largest absolute Gasteiger partial charge is 0.480 e. The zero-order chi connectivity index (χ0) is 30.8. The van der Waals surface area contributed by atoms with Gasteiger partial charge in [0.1, 0.15) is 11.6 Å². The predicted octanol–water partition coefficient (Wildman–Crippen LogP) is 5.14. The lowest BCUT2D eigenvalue weighted by atomic mass is 10.0. The first kappa shape index (κ1) is 31.0. The molecule has 1 aliphatic heterocycles. The van der Waals surface area contributed by atoms with Crippen LogP contribution in [0.25, 0.3) is 11.1 Å². The van der Waals surface area contributed by atoms with Crippen molar-refractivity contribution in [3.8, 4) is 16.9 Å². The van der Waals surface area contributed by atoms with Crippen molar-refractivity contribution in [3.63, 3.8) is 0 Å². The van der Waals surface area contributed by atoms with E-state index < -0.39 is 50.8 Å². The molecule has 1 N–H and O–H groups in total. The van der Waals surface area contributed by atoms with Crippen LogP contribution in [0.2, 0.25) is 0 Å². The summed E-state index contributed by atoms with van der Waals surface area (Å²) in [7, 11) is -2.95. The van der Waals surface area contributed by atoms with Gasteiger partial charge < -0.3 is 14.7 Å². The first-order chi connectivity index (χ1) is 19.6. The van der Waals surface area contributed by atoms with Gasteiger partial charge in [-0.05, 0) is 60.6 Å². The Bertz CT molecular complexity index is 1570. The fourth-order valence-corrected chi connectivity index (χ4v) is 6.07. The van der Waals surface area contributed by atoms with Gasteiger partial charge in [-0.25, -0.2) is 12.8 Å². The zero-order valence-electron chi connectivity index (χ0n) is 22.0. The molecule has 42 heavy (non-hydrogen) atoms. The number of hydrogen-bond acceptors (Lipinski definition) is 6. The number of hydrogen-bond donors (Lipinski definition) is 1. The molecule has 0 spiro atoms. The molecule has 0 unspecified atom stereocenters. The maximum absolute atomic E-state index is 14.3. The van der Waals surface area contributed by atoms with Gasteiger partial charge in [-0.2, -0.15) is 22.0 Å². The van der Waals surface area contributed by atoms with Gasteiger partial charge >= 0.3 is 18.8 Å². The number of aliphatic carboxylic acids is 1. The van der Waals surface area contributed by atoms with E-state index in [1.54, 1.807) is 16.8 Å². The molecule has 0 aromatic heterocycles. The van der Waals surface area contributed by atoms with E-state index in [1.165, 1.54) is 18.2 Å². The Morgan fingerprint density at radius 1 is 1.02 bits per heavy atom. The van der Waals surface area contributed by atoms with Gasteiger partial charge in [-0.15, -0.1) is 0 Å². The van der Waals surface area contributed by atoms with Crippen molar-refractivity contribution in [1.29, 1.82) is 0 Å². The van der Waals surface area contributed by atoms with Crippen LogP contribution in [0.3, 0.4) is 0 Å². The molecule has 0 atom stereocenters. The highest BCUT2D eigenvalue weighted by Crippen LogP contribution is 2.41. The Labute approximate surface area is 237 Å². The van der Waals surface area contributed by atoms with Crippen molar-refractivity contribution in [2.45, 2.75) is 17.7 Å². The summed E-state index contributed by atoms with van der Waals surface area (Å²) in [6.07, 6.45) is -4.79. The summed E-state index contributed by atoms with van der Waals surface area (Å²) in [5.41, 5.74) is -0.420. The number of anilines is 2. The van der Waals surface area contributed by atoms with E-state index in [9.17, 15) is 39.6 Å². The summed E-state index contributed by atoms with van der Waals surface area (Å²) in [6, 6.07) is 10.6. The monoisotopic (exact) mass is 617 g/mol. The summed E-state index contributed by atoms with van der Waals surface area (Å²) in [5, 5.41) is 9.03. The molecule has 1 aliphatic rings. The minimum atomic E-state index is -4.79. The second kappa shape index (κ2) is 12.1. The number of sulfonamides is 1. The number of alkyl halides is 5. The summed E-state index contributed by atoms with van der Waals surface area (Å²) >= 11 is 0. The summed E-state index contributed by atoms with van der Waals surface area (Å²) in [4.78, 5) is 13.8. The Kier molecular flexibility index (Phi) is 8.92. The van der Waals surface area contributed by atoms with Gasteiger partial charge in [0.2, 0.25) is 0 Å². The Hall–Kier alpha value is -3.98. The molecule has 0 saturated heterocycles. The minimum absolute atomic E-state index is 0.0534. The molecular formula is C27H25F6N3O5S. The van der Waals surface area contributed by atoms with Crippen LogP contribution < -0.4 is 13.9 Å². The number of rotatable bonds is 10.